The lowest BCUT2D eigenvalue weighted by Crippen LogP contribution is -2.44. The van der Waals surface area contributed by atoms with Gasteiger partial charge in [-0.05, 0) is 30.7 Å². The number of rotatable bonds is 4. The molecule has 27 heavy (non-hydrogen) atoms. The smallest absolute Gasteiger partial charge is 0.191 e. The van der Waals surface area contributed by atoms with Crippen molar-refractivity contribution < 1.29 is 4.39 Å². The number of hydrogen-bond acceptors (Lipinski definition) is 3. The topological polar surface area (TPSA) is 63.5 Å². The van der Waals surface area contributed by atoms with E-state index in [0.717, 1.165) is 19.5 Å². The zero-order valence-electron chi connectivity index (χ0n) is 15.2. The molecular weight excluding hydrogens is 456 g/mol. The lowest BCUT2D eigenvalue weighted by molar-refractivity contribution is 0.600. The highest BCUT2D eigenvalue weighted by molar-refractivity contribution is 14.0. The summed E-state index contributed by atoms with van der Waals surface area (Å²) in [7, 11) is 1.70. The first-order valence-corrected chi connectivity index (χ1v) is 8.65. The average Bonchev–Trinajstić information content (AvgIpc) is 3.15. The van der Waals surface area contributed by atoms with E-state index in [-0.39, 0.29) is 35.8 Å². The molecule has 1 aliphatic heterocycles. The van der Waals surface area contributed by atoms with Crippen LogP contribution in [-0.4, -0.2) is 32.1 Å². The molecule has 0 radical (unpaired) electrons. The minimum absolute atomic E-state index is 0. The van der Waals surface area contributed by atoms with E-state index in [4.69, 9.17) is 5.26 Å². The third-order valence-corrected chi connectivity index (χ3v) is 4.50. The first-order valence-electron chi connectivity index (χ1n) is 8.65. The minimum Gasteiger partial charge on any atom is -0.369 e. The molecule has 2 N–H and O–H groups in total. The first kappa shape index (κ1) is 21.0. The summed E-state index contributed by atoms with van der Waals surface area (Å²) < 4.78 is 14.0. The number of aliphatic imine (C=N–C) groups is 1. The van der Waals surface area contributed by atoms with Crippen molar-refractivity contribution in [3.63, 3.8) is 0 Å². The Morgan fingerprint density at radius 3 is 2.74 bits per heavy atom. The third kappa shape index (κ3) is 5.57. The zero-order valence-corrected chi connectivity index (χ0v) is 17.5. The molecule has 1 saturated heterocycles. The summed E-state index contributed by atoms with van der Waals surface area (Å²) in [6.45, 7) is 2.20. The molecule has 0 spiro atoms. The van der Waals surface area contributed by atoms with Gasteiger partial charge in [0.1, 0.15) is 5.82 Å². The molecule has 0 aliphatic carbocycles. The average molecular weight is 479 g/mol. The van der Waals surface area contributed by atoms with Crippen molar-refractivity contribution in [1.82, 2.24) is 10.6 Å². The minimum atomic E-state index is -0.386. The van der Waals surface area contributed by atoms with Gasteiger partial charge in [-0.1, -0.05) is 24.3 Å². The van der Waals surface area contributed by atoms with Gasteiger partial charge in [-0.3, -0.25) is 4.99 Å². The van der Waals surface area contributed by atoms with Crippen molar-refractivity contribution in [2.45, 2.75) is 19.0 Å². The van der Waals surface area contributed by atoms with Gasteiger partial charge in [-0.2, -0.15) is 5.26 Å². The van der Waals surface area contributed by atoms with E-state index < -0.39 is 0 Å². The Hall–Kier alpha value is -2.34. The number of anilines is 1. The second-order valence-electron chi connectivity index (χ2n) is 6.26. The summed E-state index contributed by atoms with van der Waals surface area (Å²) >= 11 is 0. The summed E-state index contributed by atoms with van der Waals surface area (Å²) in [5.41, 5.74) is 2.05. The summed E-state index contributed by atoms with van der Waals surface area (Å²) in [4.78, 5) is 6.57. The van der Waals surface area contributed by atoms with E-state index in [1.807, 2.05) is 24.3 Å². The Labute approximate surface area is 176 Å². The van der Waals surface area contributed by atoms with E-state index >= 15 is 0 Å². The number of benzene rings is 2. The Kier molecular flexibility index (Phi) is 7.85. The Bertz CT molecular complexity index is 819. The van der Waals surface area contributed by atoms with Crippen LogP contribution in [0.5, 0.6) is 0 Å². The number of halogens is 2. The fraction of sp³-hybridized carbons (Fsp3) is 0.300. The van der Waals surface area contributed by atoms with Gasteiger partial charge in [0, 0.05) is 44.0 Å². The van der Waals surface area contributed by atoms with Crippen LogP contribution >= 0.6 is 24.0 Å². The monoisotopic (exact) mass is 479 g/mol. The highest BCUT2D eigenvalue weighted by Gasteiger charge is 2.23. The molecule has 1 unspecified atom stereocenters. The van der Waals surface area contributed by atoms with E-state index in [9.17, 15) is 4.39 Å². The summed E-state index contributed by atoms with van der Waals surface area (Å²) in [6, 6.07) is 17.0. The van der Waals surface area contributed by atoms with Crippen LogP contribution in [0.15, 0.2) is 53.5 Å². The van der Waals surface area contributed by atoms with Crippen molar-refractivity contribution in [3.05, 3.63) is 65.5 Å². The maximum Gasteiger partial charge on any atom is 0.191 e. The van der Waals surface area contributed by atoms with Crippen LogP contribution < -0.4 is 15.5 Å². The van der Waals surface area contributed by atoms with E-state index in [1.165, 1.54) is 11.8 Å². The highest BCUT2D eigenvalue weighted by Crippen LogP contribution is 2.19. The predicted molar refractivity (Wildman–Crippen MR) is 117 cm³/mol. The van der Waals surface area contributed by atoms with Crippen LogP contribution in [-0.2, 0) is 6.54 Å². The molecular formula is C20H23FIN5. The molecule has 7 heteroatoms. The number of guanidine groups is 1. The normalized spacial score (nSPS) is 16.4. The molecule has 0 amide bonds. The van der Waals surface area contributed by atoms with Crippen molar-refractivity contribution in [1.29, 1.82) is 5.26 Å². The first-order chi connectivity index (χ1) is 12.7. The van der Waals surface area contributed by atoms with Crippen LogP contribution in [0.4, 0.5) is 10.1 Å². The largest absolute Gasteiger partial charge is 0.369 e. The zero-order chi connectivity index (χ0) is 18.4. The van der Waals surface area contributed by atoms with Crippen molar-refractivity contribution in [2.75, 3.05) is 25.0 Å². The lowest BCUT2D eigenvalue weighted by atomic mass is 10.1. The molecule has 3 rings (SSSR count). The van der Waals surface area contributed by atoms with Gasteiger partial charge in [0.25, 0.3) is 0 Å². The molecule has 2 aromatic carbocycles. The number of nitriles is 1. The van der Waals surface area contributed by atoms with Gasteiger partial charge in [0.15, 0.2) is 5.96 Å². The van der Waals surface area contributed by atoms with Gasteiger partial charge in [0.2, 0.25) is 0 Å². The fourth-order valence-electron chi connectivity index (χ4n) is 3.08. The molecule has 5 nitrogen and oxygen atoms in total. The van der Waals surface area contributed by atoms with Crippen LogP contribution in [0.1, 0.15) is 17.5 Å². The van der Waals surface area contributed by atoms with E-state index in [0.29, 0.717) is 23.6 Å². The van der Waals surface area contributed by atoms with Gasteiger partial charge in [-0.15, -0.1) is 24.0 Å². The molecule has 1 aliphatic rings. The van der Waals surface area contributed by atoms with Crippen LogP contribution in [0.3, 0.4) is 0 Å². The highest BCUT2D eigenvalue weighted by atomic mass is 127. The molecule has 1 atom stereocenters. The fourth-order valence-corrected chi connectivity index (χ4v) is 3.08. The molecule has 0 bridgehead atoms. The number of nitrogens with zero attached hydrogens (tertiary/aromatic N) is 3. The van der Waals surface area contributed by atoms with Gasteiger partial charge in [-0.25, -0.2) is 4.39 Å². The second kappa shape index (κ2) is 10.1. The van der Waals surface area contributed by atoms with Crippen molar-refractivity contribution in [3.8, 4) is 6.07 Å². The van der Waals surface area contributed by atoms with Gasteiger partial charge >= 0.3 is 0 Å². The maximum absolute atomic E-state index is 14.0. The van der Waals surface area contributed by atoms with Crippen LogP contribution in [0, 0.1) is 17.1 Å². The van der Waals surface area contributed by atoms with Gasteiger partial charge in [0.05, 0.1) is 11.6 Å². The van der Waals surface area contributed by atoms with Crippen molar-refractivity contribution in [2.24, 2.45) is 4.99 Å². The quantitative estimate of drug-likeness (QED) is 0.402. The molecule has 142 valence electrons. The number of hydrogen-bond donors (Lipinski definition) is 2. The van der Waals surface area contributed by atoms with Crippen LogP contribution in [0.2, 0.25) is 0 Å². The van der Waals surface area contributed by atoms with Gasteiger partial charge < -0.3 is 15.5 Å². The number of para-hydroxylation sites is 1. The molecule has 2 aromatic rings. The summed E-state index contributed by atoms with van der Waals surface area (Å²) in [6.07, 6.45) is 1.01. The van der Waals surface area contributed by atoms with E-state index in [1.54, 1.807) is 19.2 Å². The molecule has 0 aromatic heterocycles. The summed E-state index contributed by atoms with van der Waals surface area (Å²) in [5, 5.41) is 15.3. The number of nitrogens with one attached hydrogen (secondary N) is 2. The lowest BCUT2D eigenvalue weighted by Gasteiger charge is -2.20. The molecule has 1 fully saturated rings. The molecule has 0 saturated carbocycles. The Balaban J connectivity index is 0.00000261. The predicted octanol–water partition coefficient (Wildman–Crippen LogP) is 3.26. The van der Waals surface area contributed by atoms with E-state index in [2.05, 4.69) is 32.7 Å². The van der Waals surface area contributed by atoms with Crippen molar-refractivity contribution >= 4 is 35.6 Å². The van der Waals surface area contributed by atoms with Crippen LogP contribution in [0.25, 0.3) is 0 Å². The maximum atomic E-state index is 14.0. The third-order valence-electron chi connectivity index (χ3n) is 4.50. The Morgan fingerprint density at radius 2 is 2.07 bits per heavy atom. The Morgan fingerprint density at radius 1 is 1.30 bits per heavy atom. The standard InChI is InChI=1S/C20H22FN5.HI/c1-23-20(24-13-16-8-7-15(12-22)11-19(16)21)25-17-9-10-26(14-17)18-5-3-2-4-6-18;/h2-8,11,17H,9-10,13-14H2,1H3,(H2,23,24,25);1H. The second-order valence-corrected chi connectivity index (χ2v) is 6.26. The SMILES string of the molecule is CN=C(NCc1ccc(C#N)cc1F)NC1CCN(c2ccccc2)C1.I. The summed E-state index contributed by atoms with van der Waals surface area (Å²) in [5.74, 6) is 0.261. The molecule has 1 heterocycles.